The summed E-state index contributed by atoms with van der Waals surface area (Å²) in [6.45, 7) is 1.87. The molecule has 0 spiro atoms. The van der Waals surface area contributed by atoms with Crippen LogP contribution in [0.5, 0.6) is 0 Å². The van der Waals surface area contributed by atoms with Gasteiger partial charge in [0.05, 0.1) is 22.3 Å². The van der Waals surface area contributed by atoms with E-state index in [1.807, 2.05) is 27.2 Å². The predicted octanol–water partition coefficient (Wildman–Crippen LogP) is 2.21. The molecule has 4 heteroatoms. The number of benzene rings is 1. The van der Waals surface area contributed by atoms with Gasteiger partial charge in [0.1, 0.15) is 0 Å². The van der Waals surface area contributed by atoms with Gasteiger partial charge in [-0.2, -0.15) is 5.26 Å². The quantitative estimate of drug-likeness (QED) is 0.805. The number of rotatable bonds is 4. The lowest BCUT2D eigenvalue weighted by Crippen LogP contribution is -2.28. The molecule has 86 valence electrons. The van der Waals surface area contributed by atoms with Crippen molar-refractivity contribution in [2.24, 2.45) is 0 Å². The van der Waals surface area contributed by atoms with E-state index in [4.69, 9.17) is 16.9 Å². The van der Waals surface area contributed by atoms with Gasteiger partial charge in [0.15, 0.2) is 0 Å². The highest BCUT2D eigenvalue weighted by Crippen LogP contribution is 2.25. The van der Waals surface area contributed by atoms with Crippen LogP contribution in [0.4, 0.5) is 5.69 Å². The van der Waals surface area contributed by atoms with Crippen LogP contribution < -0.4 is 4.90 Å². The highest BCUT2D eigenvalue weighted by molar-refractivity contribution is 6.33. The Labute approximate surface area is 102 Å². The van der Waals surface area contributed by atoms with Crippen molar-refractivity contribution in [3.8, 4) is 6.07 Å². The molecular weight excluding hydrogens is 222 g/mol. The van der Waals surface area contributed by atoms with Crippen molar-refractivity contribution < 1.29 is 0 Å². The van der Waals surface area contributed by atoms with E-state index in [2.05, 4.69) is 15.9 Å². The number of anilines is 1. The van der Waals surface area contributed by atoms with Crippen LogP contribution in [0, 0.1) is 11.3 Å². The summed E-state index contributed by atoms with van der Waals surface area (Å²) in [5.41, 5.74) is 1.55. The zero-order valence-corrected chi connectivity index (χ0v) is 10.6. The predicted molar refractivity (Wildman–Crippen MR) is 68.0 cm³/mol. The molecule has 0 atom stereocenters. The van der Waals surface area contributed by atoms with E-state index < -0.39 is 0 Å². The summed E-state index contributed by atoms with van der Waals surface area (Å²) in [4.78, 5) is 4.21. The third kappa shape index (κ3) is 3.41. The van der Waals surface area contributed by atoms with E-state index in [0.29, 0.717) is 10.6 Å². The summed E-state index contributed by atoms with van der Waals surface area (Å²) < 4.78 is 0. The van der Waals surface area contributed by atoms with Crippen molar-refractivity contribution in [1.29, 1.82) is 5.26 Å². The monoisotopic (exact) mass is 237 g/mol. The average molecular weight is 238 g/mol. The number of hydrogen-bond donors (Lipinski definition) is 0. The van der Waals surface area contributed by atoms with Gasteiger partial charge in [0.25, 0.3) is 0 Å². The molecule has 0 heterocycles. The minimum absolute atomic E-state index is 0.592. The van der Waals surface area contributed by atoms with Crippen molar-refractivity contribution in [2.75, 3.05) is 39.1 Å². The van der Waals surface area contributed by atoms with E-state index in [9.17, 15) is 0 Å². The smallest absolute Gasteiger partial charge is 0.0992 e. The fraction of sp³-hybridized carbons (Fsp3) is 0.417. The molecule has 1 rings (SSSR count). The lowest BCUT2D eigenvalue weighted by molar-refractivity contribution is 0.416. The van der Waals surface area contributed by atoms with Crippen LogP contribution in [-0.4, -0.2) is 39.1 Å². The van der Waals surface area contributed by atoms with Crippen molar-refractivity contribution in [3.05, 3.63) is 28.8 Å². The molecule has 0 saturated carbocycles. The number of nitriles is 1. The first kappa shape index (κ1) is 12.8. The second-order valence-corrected chi connectivity index (χ2v) is 4.41. The first-order chi connectivity index (χ1) is 7.54. The molecule has 0 fully saturated rings. The van der Waals surface area contributed by atoms with Crippen LogP contribution in [0.1, 0.15) is 5.56 Å². The highest BCUT2D eigenvalue weighted by Gasteiger charge is 2.06. The molecule has 0 radical (unpaired) electrons. The van der Waals surface area contributed by atoms with Crippen LogP contribution in [-0.2, 0) is 0 Å². The van der Waals surface area contributed by atoms with Gasteiger partial charge in [-0.1, -0.05) is 11.6 Å². The first-order valence-electron chi connectivity index (χ1n) is 5.10. The third-order valence-corrected chi connectivity index (χ3v) is 2.67. The maximum Gasteiger partial charge on any atom is 0.0992 e. The van der Waals surface area contributed by atoms with Gasteiger partial charge in [-0.25, -0.2) is 0 Å². The molecule has 0 saturated heterocycles. The van der Waals surface area contributed by atoms with Crippen molar-refractivity contribution in [3.63, 3.8) is 0 Å². The molecular formula is C12H16ClN3. The summed E-state index contributed by atoms with van der Waals surface area (Å²) in [6.07, 6.45) is 0. The lowest BCUT2D eigenvalue weighted by Gasteiger charge is -2.22. The Bertz CT molecular complexity index is 396. The topological polar surface area (TPSA) is 30.3 Å². The summed E-state index contributed by atoms with van der Waals surface area (Å²) >= 11 is 6.11. The Hall–Kier alpha value is -1.24. The van der Waals surface area contributed by atoms with Crippen molar-refractivity contribution in [1.82, 2.24) is 4.90 Å². The Morgan fingerprint density at radius 2 is 1.94 bits per heavy atom. The number of nitrogens with zero attached hydrogens (tertiary/aromatic N) is 3. The maximum absolute atomic E-state index is 8.74. The largest absolute Gasteiger partial charge is 0.372 e. The standard InChI is InChI=1S/C12H16ClN3/c1-15(2)6-7-16(3)12-5-4-10(9-14)8-11(12)13/h4-5,8H,6-7H2,1-3H3. The molecule has 1 aromatic rings. The van der Waals surface area contributed by atoms with Crippen LogP contribution >= 0.6 is 11.6 Å². The fourth-order valence-corrected chi connectivity index (χ4v) is 1.68. The van der Waals surface area contributed by atoms with Gasteiger partial charge in [-0.3, -0.25) is 0 Å². The molecule has 1 aromatic carbocycles. The minimum Gasteiger partial charge on any atom is -0.372 e. The SMILES string of the molecule is CN(C)CCN(C)c1ccc(C#N)cc1Cl. The number of likely N-dealkylation sites (N-methyl/N-ethyl adjacent to an activating group) is 2. The molecule has 0 aromatic heterocycles. The average Bonchev–Trinajstić information content (AvgIpc) is 2.25. The summed E-state index contributed by atoms with van der Waals surface area (Å²) in [6, 6.07) is 7.44. The summed E-state index contributed by atoms with van der Waals surface area (Å²) in [5, 5.41) is 9.36. The Morgan fingerprint density at radius 3 is 2.44 bits per heavy atom. The molecule has 0 N–H and O–H groups in total. The zero-order valence-electron chi connectivity index (χ0n) is 9.87. The van der Waals surface area contributed by atoms with Crippen molar-refractivity contribution >= 4 is 17.3 Å². The highest BCUT2D eigenvalue weighted by atomic mass is 35.5. The van der Waals surface area contributed by atoms with E-state index in [-0.39, 0.29) is 0 Å². The normalized spacial score (nSPS) is 10.2. The third-order valence-electron chi connectivity index (χ3n) is 2.37. The van der Waals surface area contributed by atoms with Gasteiger partial charge >= 0.3 is 0 Å². The molecule has 0 bridgehead atoms. The Balaban J connectivity index is 2.76. The summed E-state index contributed by atoms with van der Waals surface area (Å²) in [7, 11) is 6.07. The van der Waals surface area contributed by atoms with Crippen LogP contribution in [0.3, 0.4) is 0 Å². The summed E-state index contributed by atoms with van der Waals surface area (Å²) in [5.74, 6) is 0. The van der Waals surface area contributed by atoms with Gasteiger partial charge < -0.3 is 9.80 Å². The van der Waals surface area contributed by atoms with Gasteiger partial charge in [0, 0.05) is 20.1 Å². The molecule has 0 aliphatic heterocycles. The Kier molecular flexibility index (Phi) is 4.60. The molecule has 0 amide bonds. The van der Waals surface area contributed by atoms with Gasteiger partial charge in [0.2, 0.25) is 0 Å². The molecule has 3 nitrogen and oxygen atoms in total. The molecule has 0 aliphatic carbocycles. The second-order valence-electron chi connectivity index (χ2n) is 4.00. The molecule has 0 aliphatic rings. The van der Waals surface area contributed by atoms with E-state index in [0.717, 1.165) is 18.8 Å². The van der Waals surface area contributed by atoms with Crippen molar-refractivity contribution in [2.45, 2.75) is 0 Å². The second kappa shape index (κ2) is 5.74. The molecule has 16 heavy (non-hydrogen) atoms. The first-order valence-corrected chi connectivity index (χ1v) is 5.48. The lowest BCUT2D eigenvalue weighted by atomic mass is 10.2. The minimum atomic E-state index is 0.592. The van der Waals surface area contributed by atoms with E-state index in [1.54, 1.807) is 12.1 Å². The van der Waals surface area contributed by atoms with Crippen LogP contribution in [0.15, 0.2) is 18.2 Å². The Morgan fingerprint density at radius 1 is 1.25 bits per heavy atom. The fourth-order valence-electron chi connectivity index (χ4n) is 1.36. The number of halogens is 1. The number of hydrogen-bond acceptors (Lipinski definition) is 3. The van der Waals surface area contributed by atoms with Gasteiger partial charge in [-0.05, 0) is 32.3 Å². The van der Waals surface area contributed by atoms with E-state index >= 15 is 0 Å². The van der Waals surface area contributed by atoms with Gasteiger partial charge in [-0.15, -0.1) is 0 Å². The zero-order chi connectivity index (χ0) is 12.1. The van der Waals surface area contributed by atoms with Crippen LogP contribution in [0.2, 0.25) is 5.02 Å². The van der Waals surface area contributed by atoms with Crippen LogP contribution in [0.25, 0.3) is 0 Å². The van der Waals surface area contributed by atoms with E-state index in [1.165, 1.54) is 0 Å². The molecule has 0 unspecified atom stereocenters. The maximum atomic E-state index is 8.74.